The van der Waals surface area contributed by atoms with Crippen LogP contribution in [0.1, 0.15) is 49.4 Å². The van der Waals surface area contributed by atoms with Crippen LogP contribution in [0.5, 0.6) is 0 Å². The Balaban J connectivity index is 1.59. The monoisotopic (exact) mass is 403 g/mol. The molecular formula is C22H33N3O2S. The summed E-state index contributed by atoms with van der Waals surface area (Å²) in [5, 5.41) is 0. The second-order valence-corrected chi connectivity index (χ2v) is 8.82. The van der Waals surface area contributed by atoms with E-state index in [0.29, 0.717) is 11.8 Å². The summed E-state index contributed by atoms with van der Waals surface area (Å²) in [4.78, 5) is 32.9. The fraction of sp³-hybridized carbons (Fsp3) is 0.636. The Morgan fingerprint density at radius 2 is 1.75 bits per heavy atom. The Morgan fingerprint density at radius 3 is 2.43 bits per heavy atom. The zero-order valence-electron chi connectivity index (χ0n) is 17.2. The summed E-state index contributed by atoms with van der Waals surface area (Å²) in [6.45, 7) is 6.60. The highest BCUT2D eigenvalue weighted by molar-refractivity contribution is 8.00. The van der Waals surface area contributed by atoms with Crippen molar-refractivity contribution in [3.63, 3.8) is 0 Å². The molecule has 1 aromatic carbocycles. The number of carbonyl (C=O) groups is 2. The van der Waals surface area contributed by atoms with Crippen LogP contribution in [0.4, 0.5) is 0 Å². The van der Waals surface area contributed by atoms with Crippen molar-refractivity contribution in [3.8, 4) is 0 Å². The largest absolute Gasteiger partial charge is 0.342 e. The molecule has 3 rings (SSSR count). The lowest BCUT2D eigenvalue weighted by molar-refractivity contribution is -0.129. The third kappa shape index (κ3) is 5.29. The summed E-state index contributed by atoms with van der Waals surface area (Å²) in [5.74, 6) is 0.642. The maximum Gasteiger partial charge on any atom is 0.255 e. The van der Waals surface area contributed by atoms with Gasteiger partial charge in [-0.2, -0.15) is 0 Å². The number of benzene rings is 1. The summed E-state index contributed by atoms with van der Waals surface area (Å²) in [7, 11) is 1.93. The molecule has 1 aliphatic carbocycles. The lowest BCUT2D eigenvalue weighted by Gasteiger charge is -2.34. The molecule has 0 bridgehead atoms. The van der Waals surface area contributed by atoms with E-state index in [0.717, 1.165) is 56.0 Å². The van der Waals surface area contributed by atoms with E-state index in [1.807, 2.05) is 41.1 Å². The number of piperazine rings is 1. The fourth-order valence-corrected chi connectivity index (χ4v) is 5.09. The summed E-state index contributed by atoms with van der Waals surface area (Å²) in [5.41, 5.74) is 0.727. The van der Waals surface area contributed by atoms with Gasteiger partial charge in [0.15, 0.2) is 0 Å². The number of hydrogen-bond donors (Lipinski definition) is 0. The van der Waals surface area contributed by atoms with Crippen LogP contribution in [-0.4, -0.2) is 78.1 Å². The number of rotatable bonds is 6. The molecule has 2 fully saturated rings. The SMILES string of the molecule is CCN1CCN(C(=O)c2ccccc2SCC(=O)N(C)C2CCCCC2)CC1. The average molecular weight is 404 g/mol. The molecule has 6 heteroatoms. The summed E-state index contributed by atoms with van der Waals surface area (Å²) >= 11 is 1.50. The number of hydrogen-bond acceptors (Lipinski definition) is 4. The second-order valence-electron chi connectivity index (χ2n) is 7.81. The number of amides is 2. The maximum atomic E-state index is 13.0. The van der Waals surface area contributed by atoms with E-state index in [2.05, 4.69) is 11.8 Å². The second kappa shape index (κ2) is 10.3. The Morgan fingerprint density at radius 1 is 1.07 bits per heavy atom. The molecule has 0 atom stereocenters. The van der Waals surface area contributed by atoms with Gasteiger partial charge >= 0.3 is 0 Å². The molecule has 2 aliphatic rings. The van der Waals surface area contributed by atoms with Crippen molar-refractivity contribution >= 4 is 23.6 Å². The normalized spacial score (nSPS) is 18.9. The minimum atomic E-state index is 0.0898. The summed E-state index contributed by atoms with van der Waals surface area (Å²) < 4.78 is 0. The number of thioether (sulfide) groups is 1. The molecule has 28 heavy (non-hydrogen) atoms. The van der Waals surface area contributed by atoms with Crippen molar-refractivity contribution in [3.05, 3.63) is 29.8 Å². The van der Waals surface area contributed by atoms with E-state index >= 15 is 0 Å². The first-order chi connectivity index (χ1) is 13.6. The quantitative estimate of drug-likeness (QED) is 0.684. The summed E-state index contributed by atoms with van der Waals surface area (Å²) in [6, 6.07) is 8.10. The Bertz CT molecular complexity index is 668. The molecule has 1 aliphatic heterocycles. The van der Waals surface area contributed by atoms with Crippen LogP contribution < -0.4 is 0 Å². The zero-order chi connectivity index (χ0) is 19.9. The van der Waals surface area contributed by atoms with Gasteiger partial charge in [0.2, 0.25) is 5.91 Å². The molecule has 0 radical (unpaired) electrons. The van der Waals surface area contributed by atoms with Gasteiger partial charge in [-0.25, -0.2) is 0 Å². The van der Waals surface area contributed by atoms with Crippen molar-refractivity contribution in [1.29, 1.82) is 0 Å². The molecule has 0 aromatic heterocycles. The first-order valence-corrected chi connectivity index (χ1v) is 11.6. The van der Waals surface area contributed by atoms with Crippen molar-refractivity contribution in [2.24, 2.45) is 0 Å². The van der Waals surface area contributed by atoms with Crippen LogP contribution in [0.15, 0.2) is 29.2 Å². The van der Waals surface area contributed by atoms with Gasteiger partial charge in [-0.3, -0.25) is 9.59 Å². The minimum absolute atomic E-state index is 0.0898. The van der Waals surface area contributed by atoms with Gasteiger partial charge in [0, 0.05) is 44.2 Å². The zero-order valence-corrected chi connectivity index (χ0v) is 18.0. The molecule has 0 spiro atoms. The van der Waals surface area contributed by atoms with Crippen LogP contribution >= 0.6 is 11.8 Å². The predicted molar refractivity (Wildman–Crippen MR) is 115 cm³/mol. The van der Waals surface area contributed by atoms with Crippen LogP contribution in [0, 0.1) is 0 Å². The molecule has 1 saturated carbocycles. The topological polar surface area (TPSA) is 43.9 Å². The van der Waals surface area contributed by atoms with Crippen molar-refractivity contribution in [2.45, 2.75) is 50.0 Å². The molecule has 2 amide bonds. The standard InChI is InChI=1S/C22H33N3O2S/c1-3-24-13-15-25(16-14-24)22(27)19-11-7-8-12-20(19)28-17-21(26)23(2)18-9-5-4-6-10-18/h7-8,11-12,18H,3-6,9-10,13-17H2,1-2H3. The van der Waals surface area contributed by atoms with E-state index < -0.39 is 0 Å². The highest BCUT2D eigenvalue weighted by Crippen LogP contribution is 2.26. The molecule has 154 valence electrons. The molecule has 1 saturated heterocycles. The lowest BCUT2D eigenvalue weighted by Crippen LogP contribution is -2.48. The Labute approximate surface area is 173 Å². The van der Waals surface area contributed by atoms with E-state index in [4.69, 9.17) is 0 Å². The maximum absolute atomic E-state index is 13.0. The Kier molecular flexibility index (Phi) is 7.80. The summed E-state index contributed by atoms with van der Waals surface area (Å²) in [6.07, 6.45) is 5.96. The first-order valence-electron chi connectivity index (χ1n) is 10.6. The van der Waals surface area contributed by atoms with Gasteiger partial charge < -0.3 is 14.7 Å². The molecule has 0 N–H and O–H groups in total. The molecular weight excluding hydrogens is 370 g/mol. The number of nitrogens with zero attached hydrogens (tertiary/aromatic N) is 3. The van der Waals surface area contributed by atoms with Crippen LogP contribution in [0.3, 0.4) is 0 Å². The Hall–Kier alpha value is -1.53. The van der Waals surface area contributed by atoms with Crippen LogP contribution in [0.25, 0.3) is 0 Å². The van der Waals surface area contributed by atoms with E-state index in [1.54, 1.807) is 0 Å². The van der Waals surface area contributed by atoms with Crippen molar-refractivity contribution in [1.82, 2.24) is 14.7 Å². The van der Waals surface area contributed by atoms with Gasteiger partial charge in [0.25, 0.3) is 5.91 Å². The molecule has 1 aromatic rings. The highest BCUT2D eigenvalue weighted by atomic mass is 32.2. The van der Waals surface area contributed by atoms with Gasteiger partial charge in [0.05, 0.1) is 11.3 Å². The van der Waals surface area contributed by atoms with E-state index in [9.17, 15) is 9.59 Å². The third-order valence-electron chi connectivity index (χ3n) is 6.09. The van der Waals surface area contributed by atoms with Gasteiger partial charge in [-0.15, -0.1) is 11.8 Å². The fourth-order valence-electron chi connectivity index (χ4n) is 4.12. The van der Waals surface area contributed by atoms with Gasteiger partial charge in [-0.05, 0) is 31.5 Å². The van der Waals surface area contributed by atoms with E-state index in [1.165, 1.54) is 31.0 Å². The van der Waals surface area contributed by atoms with Crippen molar-refractivity contribution < 1.29 is 9.59 Å². The third-order valence-corrected chi connectivity index (χ3v) is 7.15. The first kappa shape index (κ1) is 21.2. The molecule has 5 nitrogen and oxygen atoms in total. The average Bonchev–Trinajstić information content (AvgIpc) is 2.77. The smallest absolute Gasteiger partial charge is 0.255 e. The van der Waals surface area contributed by atoms with Crippen LogP contribution in [0.2, 0.25) is 0 Å². The van der Waals surface area contributed by atoms with E-state index in [-0.39, 0.29) is 11.8 Å². The highest BCUT2D eigenvalue weighted by Gasteiger charge is 2.25. The minimum Gasteiger partial charge on any atom is -0.342 e. The lowest BCUT2D eigenvalue weighted by atomic mass is 9.94. The van der Waals surface area contributed by atoms with Gasteiger partial charge in [0.1, 0.15) is 0 Å². The number of likely N-dealkylation sites (N-methyl/N-ethyl adjacent to an activating group) is 1. The predicted octanol–water partition coefficient (Wildman–Crippen LogP) is 3.35. The molecule has 0 unspecified atom stereocenters. The molecule has 1 heterocycles. The van der Waals surface area contributed by atoms with Gasteiger partial charge in [-0.1, -0.05) is 38.3 Å². The van der Waals surface area contributed by atoms with Crippen molar-refractivity contribution in [2.75, 3.05) is 45.5 Å². The number of carbonyl (C=O) groups excluding carboxylic acids is 2. The van der Waals surface area contributed by atoms with Crippen LogP contribution in [-0.2, 0) is 4.79 Å².